The fraction of sp³-hybridized carbons (Fsp3) is 0.304. The summed E-state index contributed by atoms with van der Waals surface area (Å²) in [5, 5.41) is 10.1. The quantitative estimate of drug-likeness (QED) is 0.633. The molecule has 1 heterocycles. The lowest BCUT2D eigenvalue weighted by Crippen LogP contribution is -2.37. The van der Waals surface area contributed by atoms with Gasteiger partial charge in [-0.2, -0.15) is 0 Å². The average molecular weight is 348 g/mol. The van der Waals surface area contributed by atoms with Gasteiger partial charge in [0, 0.05) is 38.1 Å². The number of hydrogen-bond donors (Lipinski definition) is 1. The van der Waals surface area contributed by atoms with Crippen molar-refractivity contribution in [2.24, 2.45) is 7.05 Å². The summed E-state index contributed by atoms with van der Waals surface area (Å²) < 4.78 is 2.16. The molecule has 26 heavy (non-hydrogen) atoms. The van der Waals surface area contributed by atoms with Gasteiger partial charge in [-0.15, -0.1) is 0 Å². The minimum Gasteiger partial charge on any atom is -0.395 e. The summed E-state index contributed by atoms with van der Waals surface area (Å²) in [5.74, 6) is 0. The number of nitrogens with zero attached hydrogens (tertiary/aromatic N) is 2. The van der Waals surface area contributed by atoms with Crippen LogP contribution in [-0.4, -0.2) is 27.2 Å². The zero-order valence-electron chi connectivity index (χ0n) is 15.5. The fourth-order valence-electron chi connectivity index (χ4n) is 3.41. The molecule has 0 bridgehead atoms. The zero-order chi connectivity index (χ0) is 18.2. The molecule has 0 aliphatic carbocycles. The van der Waals surface area contributed by atoms with Crippen molar-refractivity contribution >= 4 is 0 Å². The highest BCUT2D eigenvalue weighted by atomic mass is 16.3. The summed E-state index contributed by atoms with van der Waals surface area (Å²) in [5.41, 5.74) is 3.87. The van der Waals surface area contributed by atoms with Gasteiger partial charge in [0.05, 0.1) is 6.61 Å². The molecule has 0 saturated heterocycles. The summed E-state index contributed by atoms with van der Waals surface area (Å²) in [4.78, 5) is 2.40. The maximum Gasteiger partial charge on any atom is 0.0587 e. The van der Waals surface area contributed by atoms with E-state index >= 15 is 0 Å². The van der Waals surface area contributed by atoms with Crippen LogP contribution in [0.5, 0.6) is 0 Å². The third-order valence-electron chi connectivity index (χ3n) is 4.97. The van der Waals surface area contributed by atoms with E-state index in [0.717, 1.165) is 25.9 Å². The van der Waals surface area contributed by atoms with Crippen LogP contribution in [0.3, 0.4) is 0 Å². The second kappa shape index (κ2) is 9.37. The van der Waals surface area contributed by atoms with Gasteiger partial charge in [0.1, 0.15) is 0 Å². The highest BCUT2D eigenvalue weighted by molar-refractivity contribution is 5.17. The molecule has 0 unspecified atom stereocenters. The molecule has 136 valence electrons. The second-order valence-electron chi connectivity index (χ2n) is 6.86. The first-order valence-corrected chi connectivity index (χ1v) is 9.29. The Morgan fingerprint density at radius 1 is 0.846 bits per heavy atom. The number of aryl methyl sites for hydroxylation is 2. The van der Waals surface area contributed by atoms with Gasteiger partial charge in [0.15, 0.2) is 0 Å². The first-order valence-electron chi connectivity index (χ1n) is 9.29. The van der Waals surface area contributed by atoms with Gasteiger partial charge < -0.3 is 9.67 Å². The summed E-state index contributed by atoms with van der Waals surface area (Å²) in [6, 6.07) is 25.4. The minimum atomic E-state index is 0.130. The number of rotatable bonds is 9. The van der Waals surface area contributed by atoms with Crippen LogP contribution in [0.15, 0.2) is 79.0 Å². The Balaban J connectivity index is 1.74. The minimum absolute atomic E-state index is 0.130. The lowest BCUT2D eigenvalue weighted by molar-refractivity contribution is 0.103. The van der Waals surface area contributed by atoms with Gasteiger partial charge in [-0.1, -0.05) is 60.7 Å². The Morgan fingerprint density at radius 3 is 1.88 bits per heavy atom. The van der Waals surface area contributed by atoms with E-state index in [1.165, 1.54) is 16.8 Å². The molecule has 3 heteroatoms. The summed E-state index contributed by atoms with van der Waals surface area (Å²) in [6.07, 6.45) is 3.98. The molecular weight excluding hydrogens is 320 g/mol. The van der Waals surface area contributed by atoms with Gasteiger partial charge in [-0.25, -0.2) is 0 Å². The lowest BCUT2D eigenvalue weighted by Gasteiger charge is -2.31. The highest BCUT2D eigenvalue weighted by Gasteiger charge is 2.19. The molecule has 2 aromatic carbocycles. The Bertz CT molecular complexity index is 726. The molecule has 3 rings (SSSR count). The number of benzene rings is 2. The molecule has 1 atom stereocenters. The number of aromatic nitrogens is 1. The molecule has 0 saturated carbocycles. The van der Waals surface area contributed by atoms with Crippen LogP contribution < -0.4 is 0 Å². The van der Waals surface area contributed by atoms with E-state index in [2.05, 4.69) is 83.4 Å². The topological polar surface area (TPSA) is 28.4 Å². The van der Waals surface area contributed by atoms with Crippen molar-refractivity contribution in [1.29, 1.82) is 0 Å². The molecule has 1 aromatic heterocycles. The van der Waals surface area contributed by atoms with Crippen LogP contribution in [0.2, 0.25) is 0 Å². The summed E-state index contributed by atoms with van der Waals surface area (Å²) >= 11 is 0. The van der Waals surface area contributed by atoms with Gasteiger partial charge in [-0.3, -0.25) is 4.90 Å². The van der Waals surface area contributed by atoms with Crippen molar-refractivity contribution in [2.45, 2.75) is 32.0 Å². The van der Waals surface area contributed by atoms with Crippen molar-refractivity contribution in [3.05, 3.63) is 95.8 Å². The maximum atomic E-state index is 10.1. The smallest absolute Gasteiger partial charge is 0.0587 e. The molecule has 0 aliphatic heterocycles. The third kappa shape index (κ3) is 5.07. The Morgan fingerprint density at radius 2 is 1.42 bits per heavy atom. The highest BCUT2D eigenvalue weighted by Crippen LogP contribution is 2.17. The standard InChI is InChI=1S/C23H28N2O/c1-24-16-8-13-22(24)14-15-23(19-26)25(17-20-9-4-2-5-10-20)18-21-11-6-3-7-12-21/h2-13,16,23,26H,14-15,17-19H2,1H3/t23-/m1/s1. The third-order valence-corrected chi connectivity index (χ3v) is 4.97. The van der Waals surface area contributed by atoms with E-state index in [9.17, 15) is 5.11 Å². The van der Waals surface area contributed by atoms with Crippen molar-refractivity contribution < 1.29 is 5.11 Å². The molecule has 3 nitrogen and oxygen atoms in total. The number of hydrogen-bond acceptors (Lipinski definition) is 2. The summed E-state index contributed by atoms with van der Waals surface area (Å²) in [6.45, 7) is 1.85. The number of aliphatic hydroxyl groups is 1. The van der Waals surface area contributed by atoms with Gasteiger partial charge in [0.25, 0.3) is 0 Å². The van der Waals surface area contributed by atoms with E-state index < -0.39 is 0 Å². The average Bonchev–Trinajstić information content (AvgIpc) is 3.09. The van der Waals surface area contributed by atoms with Crippen LogP contribution >= 0.6 is 0 Å². The SMILES string of the molecule is Cn1cccc1CC[C@H](CO)N(Cc1ccccc1)Cc1ccccc1. The number of aliphatic hydroxyl groups excluding tert-OH is 1. The van der Waals surface area contributed by atoms with Gasteiger partial charge in [0.2, 0.25) is 0 Å². The normalized spacial score (nSPS) is 12.4. The van der Waals surface area contributed by atoms with E-state index in [-0.39, 0.29) is 12.6 Å². The first-order chi connectivity index (χ1) is 12.8. The van der Waals surface area contributed by atoms with Gasteiger partial charge in [-0.05, 0) is 36.1 Å². The Labute approximate surface area is 156 Å². The van der Waals surface area contributed by atoms with Gasteiger partial charge >= 0.3 is 0 Å². The Kier molecular flexibility index (Phi) is 6.64. The van der Waals surface area contributed by atoms with E-state index in [4.69, 9.17) is 0 Å². The molecular formula is C23H28N2O. The van der Waals surface area contributed by atoms with Crippen LogP contribution in [0, 0.1) is 0 Å². The maximum absolute atomic E-state index is 10.1. The molecule has 0 fully saturated rings. The fourth-order valence-corrected chi connectivity index (χ4v) is 3.41. The van der Waals surface area contributed by atoms with Crippen LogP contribution in [0.4, 0.5) is 0 Å². The predicted molar refractivity (Wildman–Crippen MR) is 107 cm³/mol. The van der Waals surface area contributed by atoms with Crippen LogP contribution in [0.1, 0.15) is 23.2 Å². The summed E-state index contributed by atoms with van der Waals surface area (Å²) in [7, 11) is 2.08. The zero-order valence-corrected chi connectivity index (χ0v) is 15.5. The van der Waals surface area contributed by atoms with Crippen molar-refractivity contribution in [3.63, 3.8) is 0 Å². The monoisotopic (exact) mass is 348 g/mol. The van der Waals surface area contributed by atoms with E-state index in [1.807, 2.05) is 12.1 Å². The van der Waals surface area contributed by atoms with E-state index in [0.29, 0.717) is 0 Å². The molecule has 1 N–H and O–H groups in total. The largest absolute Gasteiger partial charge is 0.395 e. The molecule has 0 spiro atoms. The van der Waals surface area contributed by atoms with Crippen molar-refractivity contribution in [3.8, 4) is 0 Å². The molecule has 0 aliphatic rings. The molecule has 3 aromatic rings. The first kappa shape index (κ1) is 18.4. The molecule has 0 radical (unpaired) electrons. The van der Waals surface area contributed by atoms with Crippen LogP contribution in [-0.2, 0) is 26.6 Å². The second-order valence-corrected chi connectivity index (χ2v) is 6.86. The van der Waals surface area contributed by atoms with Crippen LogP contribution in [0.25, 0.3) is 0 Å². The van der Waals surface area contributed by atoms with Crippen molar-refractivity contribution in [2.75, 3.05) is 6.61 Å². The van der Waals surface area contributed by atoms with E-state index in [1.54, 1.807) is 0 Å². The molecule has 0 amide bonds. The Hall–Kier alpha value is -2.36. The lowest BCUT2D eigenvalue weighted by atomic mass is 10.1. The van der Waals surface area contributed by atoms with Crippen molar-refractivity contribution in [1.82, 2.24) is 9.47 Å². The predicted octanol–water partition coefficient (Wildman–Crippen LogP) is 4.02.